The molecule has 3 N–H and O–H groups in total. The molecule has 0 bridgehead atoms. The van der Waals surface area contributed by atoms with Gasteiger partial charge in [0.25, 0.3) is 0 Å². The van der Waals surface area contributed by atoms with Crippen molar-refractivity contribution in [3.8, 4) is 0 Å². The Morgan fingerprint density at radius 2 is 2.12 bits per heavy atom. The van der Waals surface area contributed by atoms with Gasteiger partial charge in [0.1, 0.15) is 0 Å². The number of aromatic nitrogens is 1. The van der Waals surface area contributed by atoms with Crippen molar-refractivity contribution in [2.45, 2.75) is 18.9 Å². The van der Waals surface area contributed by atoms with Crippen molar-refractivity contribution in [2.75, 3.05) is 11.1 Å². The van der Waals surface area contributed by atoms with Crippen LogP contribution in [0, 0.1) is 0 Å². The van der Waals surface area contributed by atoms with Crippen molar-refractivity contribution in [3.05, 3.63) is 53.9 Å². The van der Waals surface area contributed by atoms with E-state index in [4.69, 9.17) is 5.73 Å². The number of para-hydroxylation sites is 1. The number of hydrogen-bond acceptors (Lipinski definition) is 3. The predicted octanol–water partition coefficient (Wildman–Crippen LogP) is 2.76. The van der Waals surface area contributed by atoms with Crippen LogP contribution in [0.25, 0.3) is 0 Å². The first-order chi connectivity index (χ1) is 8.34. The summed E-state index contributed by atoms with van der Waals surface area (Å²) in [5, 5.41) is 3.53. The van der Waals surface area contributed by atoms with Gasteiger partial charge in [-0.05, 0) is 30.5 Å². The topological polar surface area (TPSA) is 50.9 Å². The van der Waals surface area contributed by atoms with Gasteiger partial charge in [-0.15, -0.1) is 0 Å². The Morgan fingerprint density at radius 3 is 3.00 bits per heavy atom. The first kappa shape index (κ1) is 10.1. The fourth-order valence-corrected chi connectivity index (χ4v) is 2.38. The van der Waals surface area contributed by atoms with Gasteiger partial charge in [-0.1, -0.05) is 18.2 Å². The monoisotopic (exact) mass is 225 g/mol. The average Bonchev–Trinajstić information content (AvgIpc) is 2.39. The Kier molecular flexibility index (Phi) is 2.44. The minimum absolute atomic E-state index is 0.276. The lowest BCUT2D eigenvalue weighted by atomic mass is 9.93. The lowest BCUT2D eigenvalue weighted by molar-refractivity contribution is 0.667. The molecule has 0 saturated carbocycles. The second-order valence-corrected chi connectivity index (χ2v) is 4.40. The van der Waals surface area contributed by atoms with Crippen molar-refractivity contribution in [1.29, 1.82) is 0 Å². The normalized spacial score (nSPS) is 18.2. The van der Waals surface area contributed by atoms with Gasteiger partial charge in [0, 0.05) is 29.3 Å². The number of nitrogens with zero attached hydrogens (tertiary/aromatic N) is 1. The highest BCUT2D eigenvalue weighted by molar-refractivity contribution is 5.57. The number of rotatable bonds is 1. The number of hydrogen-bond donors (Lipinski definition) is 2. The lowest BCUT2D eigenvalue weighted by Crippen LogP contribution is -2.19. The molecular formula is C14H15N3. The Hall–Kier alpha value is -2.03. The Morgan fingerprint density at radius 1 is 1.24 bits per heavy atom. The maximum atomic E-state index is 5.99. The third-order valence-corrected chi connectivity index (χ3v) is 3.31. The first-order valence-electron chi connectivity index (χ1n) is 5.88. The molecule has 3 heteroatoms. The van der Waals surface area contributed by atoms with Crippen LogP contribution in [0.5, 0.6) is 0 Å². The van der Waals surface area contributed by atoms with Gasteiger partial charge >= 0.3 is 0 Å². The van der Waals surface area contributed by atoms with E-state index in [9.17, 15) is 0 Å². The van der Waals surface area contributed by atoms with Gasteiger partial charge in [-0.2, -0.15) is 0 Å². The summed E-state index contributed by atoms with van der Waals surface area (Å²) < 4.78 is 0. The molecule has 1 aromatic carbocycles. The minimum Gasteiger partial charge on any atom is -0.398 e. The van der Waals surface area contributed by atoms with Gasteiger partial charge in [-0.3, -0.25) is 4.98 Å². The molecule has 17 heavy (non-hydrogen) atoms. The summed E-state index contributed by atoms with van der Waals surface area (Å²) >= 11 is 0. The second kappa shape index (κ2) is 4.09. The van der Waals surface area contributed by atoms with Gasteiger partial charge in [0.2, 0.25) is 0 Å². The molecule has 3 nitrogen and oxygen atoms in total. The van der Waals surface area contributed by atoms with Crippen molar-refractivity contribution in [1.82, 2.24) is 4.98 Å². The van der Waals surface area contributed by atoms with E-state index in [1.165, 1.54) is 11.3 Å². The van der Waals surface area contributed by atoms with Gasteiger partial charge in [-0.25, -0.2) is 0 Å². The number of nitrogens with two attached hydrogens (primary N) is 1. The van der Waals surface area contributed by atoms with E-state index in [1.54, 1.807) is 6.20 Å². The summed E-state index contributed by atoms with van der Waals surface area (Å²) in [4.78, 5) is 4.16. The highest BCUT2D eigenvalue weighted by atomic mass is 14.9. The largest absolute Gasteiger partial charge is 0.398 e. The van der Waals surface area contributed by atoms with Crippen LogP contribution in [0.1, 0.15) is 23.6 Å². The molecule has 2 heterocycles. The van der Waals surface area contributed by atoms with Crippen molar-refractivity contribution >= 4 is 11.4 Å². The predicted molar refractivity (Wildman–Crippen MR) is 69.8 cm³/mol. The Labute approximate surface area is 101 Å². The third kappa shape index (κ3) is 1.84. The molecule has 1 aromatic heterocycles. The summed E-state index contributed by atoms with van der Waals surface area (Å²) in [5.41, 5.74) is 10.5. The molecule has 0 saturated heterocycles. The average molecular weight is 225 g/mol. The van der Waals surface area contributed by atoms with E-state index in [0.717, 1.165) is 24.1 Å². The molecule has 0 spiro atoms. The van der Waals surface area contributed by atoms with Crippen molar-refractivity contribution in [3.63, 3.8) is 0 Å². The summed E-state index contributed by atoms with van der Waals surface area (Å²) in [5.74, 6) is 0. The van der Waals surface area contributed by atoms with Crippen LogP contribution in [0.2, 0.25) is 0 Å². The summed E-state index contributed by atoms with van der Waals surface area (Å²) in [6, 6.07) is 10.6. The number of pyridine rings is 1. The molecule has 0 aliphatic carbocycles. The fraction of sp³-hybridized carbons (Fsp3) is 0.214. The highest BCUT2D eigenvalue weighted by Gasteiger charge is 2.20. The van der Waals surface area contributed by atoms with Crippen LogP contribution in [0.3, 0.4) is 0 Å². The Bertz CT molecular complexity index is 536. The Balaban J connectivity index is 1.92. The van der Waals surface area contributed by atoms with Crippen LogP contribution < -0.4 is 11.1 Å². The zero-order valence-corrected chi connectivity index (χ0v) is 9.56. The van der Waals surface area contributed by atoms with E-state index in [0.29, 0.717) is 0 Å². The van der Waals surface area contributed by atoms with Gasteiger partial charge < -0.3 is 11.1 Å². The molecule has 1 atom stereocenters. The van der Waals surface area contributed by atoms with E-state index >= 15 is 0 Å². The van der Waals surface area contributed by atoms with Gasteiger partial charge in [0.05, 0.1) is 6.04 Å². The second-order valence-electron chi connectivity index (χ2n) is 4.40. The van der Waals surface area contributed by atoms with Crippen LogP contribution >= 0.6 is 0 Å². The zero-order valence-electron chi connectivity index (χ0n) is 9.56. The van der Waals surface area contributed by atoms with Crippen LogP contribution in [-0.4, -0.2) is 4.98 Å². The van der Waals surface area contributed by atoms with E-state index < -0.39 is 0 Å². The van der Waals surface area contributed by atoms with Gasteiger partial charge in [0.15, 0.2) is 0 Å². The summed E-state index contributed by atoms with van der Waals surface area (Å²) in [6.07, 6.45) is 5.74. The fourth-order valence-electron chi connectivity index (χ4n) is 2.38. The minimum atomic E-state index is 0.276. The number of anilines is 2. The molecule has 1 aliphatic rings. The van der Waals surface area contributed by atoms with E-state index in [2.05, 4.69) is 34.6 Å². The maximum Gasteiger partial charge on any atom is 0.0552 e. The number of nitrogen functional groups attached to an aromatic ring is 1. The van der Waals surface area contributed by atoms with E-state index in [1.807, 2.05) is 12.3 Å². The molecule has 0 fully saturated rings. The van der Waals surface area contributed by atoms with Crippen LogP contribution in [-0.2, 0) is 6.42 Å². The number of fused-ring (bicyclic) bond motifs is 1. The maximum absolute atomic E-state index is 5.99. The smallest absolute Gasteiger partial charge is 0.0552 e. The molecule has 86 valence electrons. The van der Waals surface area contributed by atoms with E-state index in [-0.39, 0.29) is 6.04 Å². The molecular weight excluding hydrogens is 210 g/mol. The third-order valence-electron chi connectivity index (χ3n) is 3.31. The molecule has 1 aliphatic heterocycles. The first-order valence-corrected chi connectivity index (χ1v) is 5.88. The summed E-state index contributed by atoms with van der Waals surface area (Å²) in [7, 11) is 0. The van der Waals surface area contributed by atoms with Crippen LogP contribution in [0.4, 0.5) is 11.4 Å². The lowest BCUT2D eigenvalue weighted by Gasteiger charge is -2.27. The SMILES string of the molecule is Nc1ccncc1C1CCc2ccccc2N1. The molecule has 1 unspecified atom stereocenters. The number of nitrogens with one attached hydrogen (secondary N) is 1. The zero-order chi connectivity index (χ0) is 11.7. The van der Waals surface area contributed by atoms with Crippen molar-refractivity contribution < 1.29 is 0 Å². The number of benzene rings is 1. The molecule has 0 radical (unpaired) electrons. The summed E-state index contributed by atoms with van der Waals surface area (Å²) in [6.45, 7) is 0. The highest BCUT2D eigenvalue weighted by Crippen LogP contribution is 2.33. The molecule has 0 amide bonds. The molecule has 3 rings (SSSR count). The van der Waals surface area contributed by atoms with Crippen LogP contribution in [0.15, 0.2) is 42.7 Å². The quantitative estimate of drug-likeness (QED) is 0.784. The molecule has 2 aromatic rings. The number of aryl methyl sites for hydroxylation is 1. The standard InChI is InChI=1S/C14H15N3/c15-12-7-8-16-9-11(12)14-6-5-10-3-1-2-4-13(10)17-14/h1-4,7-9,14,17H,5-6H2,(H2,15,16). The van der Waals surface area contributed by atoms with Crippen molar-refractivity contribution in [2.24, 2.45) is 0 Å².